The topological polar surface area (TPSA) is 4.93 Å². The Morgan fingerprint density at radius 2 is 1.16 bits per heavy atom. The molecule has 0 bridgehead atoms. The monoisotopic (exact) mass is 559 g/mol. The number of hydrogen-bond donors (Lipinski definition) is 0. The van der Waals surface area contributed by atoms with Gasteiger partial charge in [-0.25, -0.2) is 0 Å². The molecular formula is C43H29N. The number of benzene rings is 7. The molecule has 0 radical (unpaired) electrons. The molecule has 0 saturated heterocycles. The fourth-order valence-corrected chi connectivity index (χ4v) is 8.30. The second-order valence-corrected chi connectivity index (χ2v) is 12.9. The lowest BCUT2D eigenvalue weighted by Gasteiger charge is -2.21. The minimum Gasteiger partial charge on any atom is -0.309 e. The van der Waals surface area contributed by atoms with Crippen LogP contribution in [0.15, 0.2) is 140 Å². The van der Waals surface area contributed by atoms with E-state index >= 15 is 0 Å². The molecular weight excluding hydrogens is 530 g/mol. The quantitative estimate of drug-likeness (QED) is 0.198. The average molecular weight is 560 g/mol. The van der Waals surface area contributed by atoms with Crippen molar-refractivity contribution in [1.29, 1.82) is 0 Å². The van der Waals surface area contributed by atoms with Gasteiger partial charge in [0.15, 0.2) is 0 Å². The van der Waals surface area contributed by atoms with E-state index in [4.69, 9.17) is 0 Å². The molecule has 0 unspecified atom stereocenters. The van der Waals surface area contributed by atoms with Crippen molar-refractivity contribution >= 4 is 32.6 Å². The van der Waals surface area contributed by atoms with Gasteiger partial charge in [-0.15, -0.1) is 0 Å². The van der Waals surface area contributed by atoms with Gasteiger partial charge in [-0.05, 0) is 96.7 Å². The molecule has 8 aromatic rings. The van der Waals surface area contributed by atoms with Gasteiger partial charge in [0, 0.05) is 21.9 Å². The minimum absolute atomic E-state index is 0.0201. The number of rotatable bonds is 2. The summed E-state index contributed by atoms with van der Waals surface area (Å²) >= 11 is 0. The number of nitrogens with zero attached hydrogens (tertiary/aromatic N) is 1. The Morgan fingerprint density at radius 3 is 2.00 bits per heavy atom. The van der Waals surface area contributed by atoms with E-state index in [9.17, 15) is 0 Å². The van der Waals surface area contributed by atoms with Gasteiger partial charge in [-0.2, -0.15) is 0 Å². The molecule has 206 valence electrons. The molecule has 0 spiro atoms. The van der Waals surface area contributed by atoms with Crippen molar-refractivity contribution in [3.8, 4) is 50.2 Å². The van der Waals surface area contributed by atoms with E-state index in [-0.39, 0.29) is 5.41 Å². The van der Waals surface area contributed by atoms with Crippen molar-refractivity contribution in [1.82, 2.24) is 4.57 Å². The summed E-state index contributed by atoms with van der Waals surface area (Å²) in [7, 11) is 0. The molecule has 1 aromatic heterocycles. The number of para-hydroxylation sites is 1. The highest BCUT2D eigenvalue weighted by molar-refractivity contribution is 6.18. The van der Waals surface area contributed by atoms with Gasteiger partial charge in [0.05, 0.1) is 11.0 Å². The maximum atomic E-state index is 2.45. The molecule has 0 saturated carbocycles. The predicted octanol–water partition coefficient (Wildman–Crippen LogP) is 11.6. The van der Waals surface area contributed by atoms with Crippen LogP contribution in [0.4, 0.5) is 0 Å². The molecule has 0 N–H and O–H groups in total. The Bertz CT molecular complexity index is 2500. The van der Waals surface area contributed by atoms with Gasteiger partial charge in [0.25, 0.3) is 0 Å². The highest BCUT2D eigenvalue weighted by atomic mass is 15.0. The van der Waals surface area contributed by atoms with E-state index in [1.807, 2.05) is 0 Å². The third kappa shape index (κ3) is 2.99. The lowest BCUT2D eigenvalue weighted by atomic mass is 9.82. The number of fused-ring (bicyclic) bond motifs is 10. The predicted molar refractivity (Wildman–Crippen MR) is 186 cm³/mol. The van der Waals surface area contributed by atoms with Crippen molar-refractivity contribution in [2.75, 3.05) is 0 Å². The normalized spacial score (nSPS) is 13.9. The summed E-state index contributed by atoms with van der Waals surface area (Å²) in [5.74, 6) is 0. The first-order valence-electron chi connectivity index (χ1n) is 15.5. The van der Waals surface area contributed by atoms with E-state index in [1.165, 1.54) is 93.9 Å². The minimum atomic E-state index is -0.0201. The summed E-state index contributed by atoms with van der Waals surface area (Å²) in [5, 5.41) is 5.35. The molecule has 0 aliphatic heterocycles. The Morgan fingerprint density at radius 1 is 0.455 bits per heavy atom. The zero-order valence-corrected chi connectivity index (χ0v) is 24.7. The average Bonchev–Trinajstić information content (AvgIpc) is 3.66. The van der Waals surface area contributed by atoms with Crippen molar-refractivity contribution < 1.29 is 0 Å². The first-order chi connectivity index (χ1) is 21.6. The summed E-state index contributed by atoms with van der Waals surface area (Å²) < 4.78 is 2.45. The van der Waals surface area contributed by atoms with Crippen molar-refractivity contribution in [2.45, 2.75) is 19.3 Å². The molecule has 0 atom stereocenters. The third-order valence-corrected chi connectivity index (χ3v) is 10.3. The largest absolute Gasteiger partial charge is 0.309 e. The van der Waals surface area contributed by atoms with Crippen LogP contribution in [0.25, 0.3) is 82.8 Å². The van der Waals surface area contributed by atoms with Crippen LogP contribution >= 0.6 is 0 Å². The van der Waals surface area contributed by atoms with Crippen LogP contribution < -0.4 is 0 Å². The van der Waals surface area contributed by atoms with Crippen molar-refractivity contribution in [2.24, 2.45) is 0 Å². The molecule has 1 nitrogen and oxygen atoms in total. The molecule has 1 heterocycles. The summed E-state index contributed by atoms with van der Waals surface area (Å²) in [6.45, 7) is 4.72. The Balaban J connectivity index is 1.13. The Kier molecular flexibility index (Phi) is 4.58. The second-order valence-electron chi connectivity index (χ2n) is 12.9. The highest BCUT2D eigenvalue weighted by Crippen LogP contribution is 2.53. The van der Waals surface area contributed by atoms with Crippen LogP contribution in [-0.4, -0.2) is 4.57 Å². The molecule has 2 aliphatic carbocycles. The van der Waals surface area contributed by atoms with Gasteiger partial charge in [0.1, 0.15) is 0 Å². The van der Waals surface area contributed by atoms with Crippen molar-refractivity contribution in [3.05, 3.63) is 151 Å². The smallest absolute Gasteiger partial charge is 0.0547 e. The Labute approximate surface area is 256 Å². The van der Waals surface area contributed by atoms with E-state index in [0.29, 0.717) is 0 Å². The molecule has 44 heavy (non-hydrogen) atoms. The molecule has 1 heteroatoms. The van der Waals surface area contributed by atoms with E-state index in [2.05, 4.69) is 158 Å². The van der Waals surface area contributed by atoms with E-state index < -0.39 is 0 Å². The molecule has 7 aromatic carbocycles. The SMILES string of the molecule is CC1(C)c2ccccc2-c2c1ccc1c2c2ccccc2n1-c1ccc(-c2ccc3c(c2)-c2cccc4cccc-3c24)cc1. The zero-order valence-electron chi connectivity index (χ0n) is 24.7. The first kappa shape index (κ1) is 24.1. The van der Waals surface area contributed by atoms with E-state index in [0.717, 1.165) is 0 Å². The molecule has 2 aliphatic rings. The molecule has 10 rings (SSSR count). The molecule has 0 amide bonds. The van der Waals surface area contributed by atoms with Crippen LogP contribution in [0.2, 0.25) is 0 Å². The van der Waals surface area contributed by atoms with E-state index in [1.54, 1.807) is 0 Å². The lowest BCUT2D eigenvalue weighted by molar-refractivity contribution is 0.661. The fraction of sp³-hybridized carbons (Fsp3) is 0.0698. The van der Waals surface area contributed by atoms with Crippen LogP contribution in [-0.2, 0) is 5.41 Å². The van der Waals surface area contributed by atoms with Gasteiger partial charge in [-0.3, -0.25) is 0 Å². The molecule has 0 fully saturated rings. The van der Waals surface area contributed by atoms with Gasteiger partial charge in [0.2, 0.25) is 0 Å². The fourth-order valence-electron chi connectivity index (χ4n) is 8.30. The maximum absolute atomic E-state index is 2.45. The lowest BCUT2D eigenvalue weighted by Crippen LogP contribution is -2.14. The second kappa shape index (κ2) is 8.36. The number of hydrogen-bond acceptors (Lipinski definition) is 0. The highest BCUT2D eigenvalue weighted by Gasteiger charge is 2.37. The Hall–Kier alpha value is -5.40. The summed E-state index contributed by atoms with van der Waals surface area (Å²) in [6.07, 6.45) is 0. The van der Waals surface area contributed by atoms with Gasteiger partial charge in [-0.1, -0.05) is 123 Å². The summed E-state index contributed by atoms with van der Waals surface area (Å²) in [6, 6.07) is 52.0. The first-order valence-corrected chi connectivity index (χ1v) is 15.5. The zero-order chi connectivity index (χ0) is 29.2. The van der Waals surface area contributed by atoms with Crippen LogP contribution in [0.3, 0.4) is 0 Å². The van der Waals surface area contributed by atoms with Crippen LogP contribution in [0.5, 0.6) is 0 Å². The van der Waals surface area contributed by atoms with Crippen molar-refractivity contribution in [3.63, 3.8) is 0 Å². The van der Waals surface area contributed by atoms with Gasteiger partial charge >= 0.3 is 0 Å². The van der Waals surface area contributed by atoms with Crippen LogP contribution in [0.1, 0.15) is 25.0 Å². The third-order valence-electron chi connectivity index (χ3n) is 10.3. The standard InChI is InChI=1S/C43H29N/c1-43(2)36-15-5-3-11-33(36)41-37(43)23-24-39-42(41)34-12-4-6-16-38(34)44(39)29-20-17-26(18-21-29)28-19-22-30-31-13-7-9-27-10-8-14-32(40(27)31)35(30)25-28/h3-25H,1-2H3. The van der Waals surface area contributed by atoms with Gasteiger partial charge < -0.3 is 4.57 Å². The maximum Gasteiger partial charge on any atom is 0.0547 e. The summed E-state index contributed by atoms with van der Waals surface area (Å²) in [5.41, 5.74) is 17.1. The van der Waals surface area contributed by atoms with Crippen LogP contribution in [0, 0.1) is 0 Å². The summed E-state index contributed by atoms with van der Waals surface area (Å²) in [4.78, 5) is 0. The number of aromatic nitrogens is 1.